The van der Waals surface area contributed by atoms with E-state index < -0.39 is 10.0 Å². The van der Waals surface area contributed by atoms with Crippen molar-refractivity contribution >= 4 is 15.7 Å². The maximum Gasteiger partial charge on any atom is 0.234 e. The second-order valence-corrected chi connectivity index (χ2v) is 8.18. The summed E-state index contributed by atoms with van der Waals surface area (Å²) in [5, 5.41) is 3.41. The average Bonchev–Trinajstić information content (AvgIpc) is 2.44. The molecule has 1 aliphatic heterocycles. The van der Waals surface area contributed by atoms with Crippen LogP contribution in [0.25, 0.3) is 0 Å². The van der Waals surface area contributed by atoms with Gasteiger partial charge in [-0.1, -0.05) is 12.5 Å². The van der Waals surface area contributed by atoms with E-state index in [1.165, 1.54) is 17.1 Å². The highest BCUT2D eigenvalue weighted by Crippen LogP contribution is 2.21. The van der Waals surface area contributed by atoms with Gasteiger partial charge in [0.2, 0.25) is 10.0 Å². The molecular weight excluding hydrogens is 284 g/mol. The van der Waals surface area contributed by atoms with Crippen LogP contribution in [0.3, 0.4) is 0 Å². The van der Waals surface area contributed by atoms with Crippen molar-refractivity contribution in [1.82, 2.24) is 5.32 Å². The third-order valence-corrected chi connectivity index (χ3v) is 5.92. The molecule has 1 heterocycles. The fourth-order valence-corrected chi connectivity index (χ4v) is 4.17. The Morgan fingerprint density at radius 1 is 1.19 bits per heavy atom. The van der Waals surface area contributed by atoms with Gasteiger partial charge in [0, 0.05) is 13.1 Å². The average molecular weight is 310 g/mol. The van der Waals surface area contributed by atoms with Crippen molar-refractivity contribution in [1.29, 1.82) is 0 Å². The van der Waals surface area contributed by atoms with Crippen molar-refractivity contribution in [2.45, 2.75) is 45.6 Å². The molecule has 0 amide bonds. The van der Waals surface area contributed by atoms with Gasteiger partial charge in [0.25, 0.3) is 0 Å². The number of hydrogen-bond donors (Lipinski definition) is 1. The van der Waals surface area contributed by atoms with E-state index in [9.17, 15) is 8.42 Å². The smallest absolute Gasteiger partial charge is 0.234 e. The SMILES string of the molecule is Cc1cc(C)cc(N(C)S(=O)(=O)CCC2CCCCN2)c1. The van der Waals surface area contributed by atoms with E-state index in [-0.39, 0.29) is 5.75 Å². The number of sulfonamides is 1. The largest absolute Gasteiger partial charge is 0.314 e. The van der Waals surface area contributed by atoms with E-state index in [2.05, 4.69) is 11.4 Å². The van der Waals surface area contributed by atoms with E-state index >= 15 is 0 Å². The van der Waals surface area contributed by atoms with Crippen molar-refractivity contribution in [3.05, 3.63) is 29.3 Å². The van der Waals surface area contributed by atoms with E-state index in [1.807, 2.05) is 26.0 Å². The van der Waals surface area contributed by atoms with E-state index in [0.29, 0.717) is 12.5 Å². The van der Waals surface area contributed by atoms with Crippen LogP contribution in [0.1, 0.15) is 36.8 Å². The van der Waals surface area contributed by atoms with Crippen LogP contribution in [0.4, 0.5) is 5.69 Å². The number of nitrogens with one attached hydrogen (secondary N) is 1. The Kier molecular flexibility index (Phi) is 5.27. The van der Waals surface area contributed by atoms with Crippen LogP contribution in [-0.2, 0) is 10.0 Å². The summed E-state index contributed by atoms with van der Waals surface area (Å²) in [4.78, 5) is 0. The molecule has 4 nitrogen and oxygen atoms in total. The number of piperidine rings is 1. The molecule has 1 N–H and O–H groups in total. The lowest BCUT2D eigenvalue weighted by atomic mass is 10.0. The molecular formula is C16H26N2O2S. The number of rotatable bonds is 5. The highest BCUT2D eigenvalue weighted by molar-refractivity contribution is 7.92. The molecule has 1 aromatic carbocycles. The second-order valence-electron chi connectivity index (χ2n) is 6.06. The Labute approximate surface area is 128 Å². The summed E-state index contributed by atoms with van der Waals surface area (Å²) in [7, 11) is -1.60. The van der Waals surface area contributed by atoms with E-state index in [4.69, 9.17) is 0 Å². The van der Waals surface area contributed by atoms with Crippen molar-refractivity contribution in [3.8, 4) is 0 Å². The molecule has 0 bridgehead atoms. The number of hydrogen-bond acceptors (Lipinski definition) is 3. The topological polar surface area (TPSA) is 49.4 Å². The molecule has 1 atom stereocenters. The van der Waals surface area contributed by atoms with Crippen LogP contribution in [0, 0.1) is 13.8 Å². The predicted octanol–water partition coefficient (Wildman–Crippen LogP) is 2.60. The number of nitrogens with zero attached hydrogens (tertiary/aromatic N) is 1. The van der Waals surface area contributed by atoms with E-state index in [1.54, 1.807) is 7.05 Å². The molecule has 0 spiro atoms. The van der Waals surface area contributed by atoms with Crippen molar-refractivity contribution in [2.75, 3.05) is 23.7 Å². The normalized spacial score (nSPS) is 19.5. The first-order chi connectivity index (χ1) is 9.88. The standard InChI is InChI=1S/C16H26N2O2S/c1-13-10-14(2)12-16(11-13)18(3)21(19,20)9-7-15-6-4-5-8-17-15/h10-12,15,17H,4-9H2,1-3H3. The van der Waals surface area contributed by atoms with Gasteiger partial charge in [-0.3, -0.25) is 4.31 Å². The Balaban J connectivity index is 2.03. The molecule has 1 aromatic rings. The Morgan fingerprint density at radius 2 is 1.86 bits per heavy atom. The molecule has 2 rings (SSSR count). The first-order valence-corrected chi connectivity index (χ1v) is 9.28. The predicted molar refractivity (Wildman–Crippen MR) is 88.4 cm³/mol. The van der Waals surface area contributed by atoms with E-state index in [0.717, 1.165) is 29.8 Å². The van der Waals surface area contributed by atoms with Gasteiger partial charge in [0.1, 0.15) is 0 Å². The van der Waals surface area contributed by atoms with Crippen LogP contribution < -0.4 is 9.62 Å². The number of aryl methyl sites for hydroxylation is 2. The van der Waals surface area contributed by atoms with Gasteiger partial charge in [-0.25, -0.2) is 8.42 Å². The highest BCUT2D eigenvalue weighted by Gasteiger charge is 2.22. The molecule has 0 saturated carbocycles. The molecule has 1 unspecified atom stereocenters. The fraction of sp³-hybridized carbons (Fsp3) is 0.625. The van der Waals surface area contributed by atoms with Crippen LogP contribution in [0.5, 0.6) is 0 Å². The van der Waals surface area contributed by atoms with Crippen molar-refractivity contribution in [3.63, 3.8) is 0 Å². The van der Waals surface area contributed by atoms with Gasteiger partial charge >= 0.3 is 0 Å². The molecule has 0 radical (unpaired) electrons. The quantitative estimate of drug-likeness (QED) is 0.909. The van der Waals surface area contributed by atoms with Gasteiger partial charge in [0.05, 0.1) is 11.4 Å². The summed E-state index contributed by atoms with van der Waals surface area (Å²) in [6, 6.07) is 6.24. The minimum Gasteiger partial charge on any atom is -0.314 e. The lowest BCUT2D eigenvalue weighted by molar-refractivity contribution is 0.392. The number of benzene rings is 1. The van der Waals surface area contributed by atoms with Gasteiger partial charge in [0.15, 0.2) is 0 Å². The summed E-state index contributed by atoms with van der Waals surface area (Å²) in [6.07, 6.45) is 4.18. The maximum atomic E-state index is 12.5. The van der Waals surface area contributed by atoms with Crippen molar-refractivity contribution in [2.24, 2.45) is 0 Å². The molecule has 118 valence electrons. The number of anilines is 1. The lowest BCUT2D eigenvalue weighted by Gasteiger charge is -2.25. The van der Waals surface area contributed by atoms with Crippen molar-refractivity contribution < 1.29 is 8.42 Å². The fourth-order valence-electron chi connectivity index (χ4n) is 2.89. The maximum absolute atomic E-state index is 12.5. The third kappa shape index (κ3) is 4.45. The highest BCUT2D eigenvalue weighted by atomic mass is 32.2. The minimum atomic E-state index is -3.25. The van der Waals surface area contributed by atoms with Gasteiger partial charge in [-0.15, -0.1) is 0 Å². The molecule has 1 fully saturated rings. The molecule has 5 heteroatoms. The monoisotopic (exact) mass is 310 g/mol. The first-order valence-electron chi connectivity index (χ1n) is 7.67. The van der Waals surface area contributed by atoms with Crippen LogP contribution in [-0.4, -0.2) is 33.8 Å². The zero-order chi connectivity index (χ0) is 15.5. The third-order valence-electron chi connectivity index (χ3n) is 4.12. The molecule has 21 heavy (non-hydrogen) atoms. The molecule has 1 saturated heterocycles. The zero-order valence-electron chi connectivity index (χ0n) is 13.2. The Hall–Kier alpha value is -1.07. The van der Waals surface area contributed by atoms with Gasteiger partial charge < -0.3 is 5.32 Å². The second kappa shape index (κ2) is 6.79. The van der Waals surface area contributed by atoms with Crippen LogP contribution in [0.15, 0.2) is 18.2 Å². The Bertz CT molecular complexity index is 558. The minimum absolute atomic E-state index is 0.203. The molecule has 0 aliphatic carbocycles. The first kappa shape index (κ1) is 16.3. The molecule has 1 aliphatic rings. The summed E-state index contributed by atoms with van der Waals surface area (Å²) in [5.74, 6) is 0.203. The van der Waals surface area contributed by atoms with Crippen LogP contribution >= 0.6 is 0 Å². The van der Waals surface area contributed by atoms with Gasteiger partial charge in [-0.2, -0.15) is 0 Å². The summed E-state index contributed by atoms with van der Waals surface area (Å²) < 4.78 is 26.4. The summed E-state index contributed by atoms with van der Waals surface area (Å²) >= 11 is 0. The van der Waals surface area contributed by atoms with Gasteiger partial charge in [-0.05, 0) is 62.9 Å². The molecule has 0 aromatic heterocycles. The van der Waals surface area contributed by atoms with Crippen LogP contribution in [0.2, 0.25) is 0 Å². The Morgan fingerprint density at radius 3 is 2.43 bits per heavy atom. The summed E-state index contributed by atoms with van der Waals surface area (Å²) in [6.45, 7) is 4.99. The zero-order valence-corrected chi connectivity index (χ0v) is 14.0. The summed E-state index contributed by atoms with van der Waals surface area (Å²) in [5.41, 5.74) is 2.92. The lowest BCUT2D eigenvalue weighted by Crippen LogP contribution is -2.37.